The van der Waals surface area contributed by atoms with Crippen LogP contribution in [0.2, 0.25) is 0 Å². The van der Waals surface area contributed by atoms with E-state index < -0.39 is 12.0 Å². The van der Waals surface area contributed by atoms with Crippen LogP contribution in [-0.2, 0) is 22.6 Å². The summed E-state index contributed by atoms with van der Waals surface area (Å²) in [6.45, 7) is 3.12. The second kappa shape index (κ2) is 7.81. The number of rotatable bonds is 2. The van der Waals surface area contributed by atoms with Crippen LogP contribution in [0.15, 0.2) is 24.3 Å². The zero-order valence-corrected chi connectivity index (χ0v) is 16.0. The number of likely N-dealkylation sites (tertiary alicyclic amines) is 2. The van der Waals surface area contributed by atoms with E-state index in [4.69, 9.17) is 0 Å². The molecular weight excluding hydrogens is 358 g/mol. The van der Waals surface area contributed by atoms with E-state index in [1.165, 1.54) is 4.90 Å². The summed E-state index contributed by atoms with van der Waals surface area (Å²) in [5.41, 5.74) is 2.03. The molecule has 150 valence electrons. The molecule has 1 aromatic carbocycles. The van der Waals surface area contributed by atoms with Crippen molar-refractivity contribution in [3.63, 3.8) is 0 Å². The minimum absolute atomic E-state index is 0.0821. The first kappa shape index (κ1) is 18.8. The summed E-state index contributed by atoms with van der Waals surface area (Å²) in [6, 6.07) is 7.00. The number of carboxylic acid groups (broad SMARTS) is 1. The first-order valence-corrected chi connectivity index (χ1v) is 10.2. The molecule has 1 atom stereocenters. The van der Waals surface area contributed by atoms with Crippen LogP contribution in [0, 0.1) is 5.92 Å². The summed E-state index contributed by atoms with van der Waals surface area (Å²) < 4.78 is 0. The van der Waals surface area contributed by atoms with Crippen molar-refractivity contribution in [2.45, 2.75) is 44.7 Å². The number of hydrogen-bond donors (Lipinski definition) is 1. The van der Waals surface area contributed by atoms with E-state index >= 15 is 0 Å². The first-order chi connectivity index (χ1) is 13.5. The van der Waals surface area contributed by atoms with Gasteiger partial charge in [-0.15, -0.1) is 0 Å². The quantitative estimate of drug-likeness (QED) is 0.844. The average Bonchev–Trinajstić information content (AvgIpc) is 3.26. The van der Waals surface area contributed by atoms with Crippen LogP contribution >= 0.6 is 0 Å². The summed E-state index contributed by atoms with van der Waals surface area (Å²) in [5.74, 6) is -1.26. The van der Waals surface area contributed by atoms with Gasteiger partial charge in [0, 0.05) is 45.1 Å². The zero-order chi connectivity index (χ0) is 19.7. The summed E-state index contributed by atoms with van der Waals surface area (Å²) in [4.78, 5) is 42.8. The van der Waals surface area contributed by atoms with Crippen LogP contribution in [0.4, 0.5) is 4.79 Å². The van der Waals surface area contributed by atoms with Gasteiger partial charge < -0.3 is 19.8 Å². The molecule has 1 unspecified atom stereocenters. The molecule has 3 aliphatic rings. The number of aliphatic carboxylic acids is 1. The summed E-state index contributed by atoms with van der Waals surface area (Å²) in [7, 11) is 0. The Balaban J connectivity index is 1.41. The standard InChI is InChI=1S/C21H27N3O4/c25-19(15-7-11-23(12-8-15)21(28)22-9-3-4-10-22)24-14-17-6-2-1-5-16(17)13-18(24)20(26)27/h1-2,5-6,15,18H,3-4,7-14H2,(H,26,27). The molecule has 4 rings (SSSR count). The number of carbonyl (C=O) groups is 3. The molecule has 0 bridgehead atoms. The minimum atomic E-state index is -0.954. The lowest BCUT2D eigenvalue weighted by Gasteiger charge is -2.39. The van der Waals surface area contributed by atoms with Gasteiger partial charge in [-0.3, -0.25) is 4.79 Å². The van der Waals surface area contributed by atoms with Gasteiger partial charge in [-0.1, -0.05) is 24.3 Å². The molecule has 0 aromatic heterocycles. The van der Waals surface area contributed by atoms with Crippen molar-refractivity contribution in [2.24, 2.45) is 5.92 Å². The molecule has 2 fully saturated rings. The van der Waals surface area contributed by atoms with Gasteiger partial charge >= 0.3 is 12.0 Å². The second-order valence-electron chi connectivity index (χ2n) is 8.03. The van der Waals surface area contributed by atoms with Gasteiger partial charge in [-0.25, -0.2) is 9.59 Å². The van der Waals surface area contributed by atoms with E-state index in [1.807, 2.05) is 34.1 Å². The van der Waals surface area contributed by atoms with Crippen LogP contribution in [0.25, 0.3) is 0 Å². The molecule has 2 saturated heterocycles. The van der Waals surface area contributed by atoms with Crippen molar-refractivity contribution in [2.75, 3.05) is 26.2 Å². The largest absolute Gasteiger partial charge is 0.480 e. The van der Waals surface area contributed by atoms with Crippen LogP contribution < -0.4 is 0 Å². The van der Waals surface area contributed by atoms with Crippen molar-refractivity contribution < 1.29 is 19.5 Å². The Morgan fingerprint density at radius 2 is 1.50 bits per heavy atom. The third-order valence-corrected chi connectivity index (χ3v) is 6.31. The van der Waals surface area contributed by atoms with Crippen molar-refractivity contribution in [1.29, 1.82) is 0 Å². The highest BCUT2D eigenvalue weighted by Gasteiger charge is 2.39. The van der Waals surface area contributed by atoms with Crippen LogP contribution in [0.5, 0.6) is 0 Å². The normalized spacial score (nSPS) is 22.9. The Morgan fingerprint density at radius 3 is 2.14 bits per heavy atom. The van der Waals surface area contributed by atoms with Gasteiger partial charge in [-0.2, -0.15) is 0 Å². The maximum atomic E-state index is 13.2. The fourth-order valence-corrected chi connectivity index (χ4v) is 4.64. The highest BCUT2D eigenvalue weighted by Crippen LogP contribution is 2.28. The Hall–Kier alpha value is -2.57. The SMILES string of the molecule is O=C(O)C1Cc2ccccc2CN1C(=O)C1CCN(C(=O)N2CCCC2)CC1. The van der Waals surface area contributed by atoms with E-state index in [1.54, 1.807) is 0 Å². The Kier molecular flexibility index (Phi) is 5.24. The predicted octanol–water partition coefficient (Wildman–Crippen LogP) is 1.95. The number of fused-ring (bicyclic) bond motifs is 1. The molecule has 3 aliphatic heterocycles. The first-order valence-electron chi connectivity index (χ1n) is 10.2. The van der Waals surface area contributed by atoms with Gasteiger partial charge in [0.1, 0.15) is 6.04 Å². The Bertz CT molecular complexity index is 767. The van der Waals surface area contributed by atoms with Crippen molar-refractivity contribution in [1.82, 2.24) is 14.7 Å². The summed E-state index contributed by atoms with van der Waals surface area (Å²) >= 11 is 0. The number of amides is 3. The molecule has 1 N–H and O–H groups in total. The number of urea groups is 1. The van der Waals surface area contributed by atoms with Crippen molar-refractivity contribution >= 4 is 17.9 Å². The Morgan fingerprint density at radius 1 is 0.893 bits per heavy atom. The fraction of sp³-hybridized carbons (Fsp3) is 0.571. The number of benzene rings is 1. The molecule has 7 heteroatoms. The monoisotopic (exact) mass is 385 g/mol. The number of piperidine rings is 1. The van der Waals surface area contributed by atoms with E-state index in [0.717, 1.165) is 37.1 Å². The van der Waals surface area contributed by atoms with Gasteiger partial charge in [0.05, 0.1) is 0 Å². The Labute approximate surface area is 164 Å². The molecule has 7 nitrogen and oxygen atoms in total. The van der Waals surface area contributed by atoms with E-state index in [0.29, 0.717) is 38.9 Å². The van der Waals surface area contributed by atoms with Crippen LogP contribution in [0.3, 0.4) is 0 Å². The predicted molar refractivity (Wildman–Crippen MR) is 103 cm³/mol. The minimum Gasteiger partial charge on any atom is -0.480 e. The second-order valence-corrected chi connectivity index (χ2v) is 8.03. The number of carboxylic acids is 1. The van der Waals surface area contributed by atoms with Crippen molar-refractivity contribution in [3.05, 3.63) is 35.4 Å². The number of hydrogen-bond acceptors (Lipinski definition) is 3. The third-order valence-electron chi connectivity index (χ3n) is 6.31. The molecule has 3 heterocycles. The molecule has 1 aromatic rings. The van der Waals surface area contributed by atoms with Crippen molar-refractivity contribution in [3.8, 4) is 0 Å². The lowest BCUT2D eigenvalue weighted by molar-refractivity contribution is -0.154. The highest BCUT2D eigenvalue weighted by atomic mass is 16.4. The summed E-state index contributed by atoms with van der Waals surface area (Å²) in [6.07, 6.45) is 3.68. The molecule has 0 spiro atoms. The number of nitrogens with zero attached hydrogens (tertiary/aromatic N) is 3. The van der Waals surface area contributed by atoms with Gasteiger partial charge in [-0.05, 0) is 36.8 Å². The van der Waals surface area contributed by atoms with E-state index in [-0.39, 0.29) is 17.9 Å². The average molecular weight is 385 g/mol. The zero-order valence-electron chi connectivity index (χ0n) is 16.0. The van der Waals surface area contributed by atoms with Gasteiger partial charge in [0.2, 0.25) is 5.91 Å². The molecule has 3 amide bonds. The smallest absolute Gasteiger partial charge is 0.326 e. The number of carbonyl (C=O) groups excluding carboxylic acids is 2. The fourth-order valence-electron chi connectivity index (χ4n) is 4.64. The highest BCUT2D eigenvalue weighted by molar-refractivity contribution is 5.86. The van der Waals surface area contributed by atoms with E-state index in [2.05, 4.69) is 0 Å². The van der Waals surface area contributed by atoms with Gasteiger partial charge in [0.25, 0.3) is 0 Å². The maximum Gasteiger partial charge on any atom is 0.326 e. The topological polar surface area (TPSA) is 81.2 Å². The van der Waals surface area contributed by atoms with Gasteiger partial charge in [0.15, 0.2) is 0 Å². The summed E-state index contributed by atoms with van der Waals surface area (Å²) in [5, 5.41) is 9.67. The van der Waals surface area contributed by atoms with Crippen LogP contribution in [0.1, 0.15) is 36.8 Å². The molecule has 0 radical (unpaired) electrons. The lowest BCUT2D eigenvalue weighted by atomic mass is 9.90. The molecule has 0 aliphatic carbocycles. The molecule has 28 heavy (non-hydrogen) atoms. The molecule has 0 saturated carbocycles. The third kappa shape index (κ3) is 3.57. The maximum absolute atomic E-state index is 13.2. The van der Waals surface area contributed by atoms with E-state index in [9.17, 15) is 19.5 Å². The van der Waals surface area contributed by atoms with Crippen LogP contribution in [-0.4, -0.2) is 69.9 Å². The lowest BCUT2D eigenvalue weighted by Crippen LogP contribution is -2.53. The molecular formula is C21H27N3O4.